The third-order valence-corrected chi connectivity index (χ3v) is 2.37. The summed E-state index contributed by atoms with van der Waals surface area (Å²) < 4.78 is 0. The van der Waals surface area contributed by atoms with Crippen molar-refractivity contribution in [1.29, 1.82) is 0 Å². The van der Waals surface area contributed by atoms with Crippen molar-refractivity contribution >= 4 is 11.6 Å². The average molecular weight is 244 g/mol. The molecule has 0 fully saturated rings. The standard InChI is InChI=1S/C15H20N2O/c1-11(2)9-15(18)17-14-7-6-12(3)10-13(14)5-4-8-16/h6-7,10-11H,8-9,16H2,1-3H3,(H,17,18). The molecule has 0 unspecified atom stereocenters. The van der Waals surface area contributed by atoms with Gasteiger partial charge in [0.2, 0.25) is 5.91 Å². The smallest absolute Gasteiger partial charge is 0.224 e. The Kier molecular flexibility index (Phi) is 5.41. The minimum atomic E-state index is 0.0182. The minimum Gasteiger partial charge on any atom is -0.325 e. The highest BCUT2D eigenvalue weighted by molar-refractivity contribution is 5.92. The molecule has 0 aliphatic rings. The summed E-state index contributed by atoms with van der Waals surface area (Å²) in [6.45, 7) is 6.34. The maximum absolute atomic E-state index is 11.7. The van der Waals surface area contributed by atoms with Crippen molar-refractivity contribution in [3.63, 3.8) is 0 Å². The molecule has 96 valence electrons. The quantitative estimate of drug-likeness (QED) is 0.801. The first-order chi connectivity index (χ1) is 8.52. The fraction of sp³-hybridized carbons (Fsp3) is 0.400. The Labute approximate surface area is 109 Å². The van der Waals surface area contributed by atoms with Crippen LogP contribution in [0, 0.1) is 24.7 Å². The van der Waals surface area contributed by atoms with Crippen molar-refractivity contribution in [1.82, 2.24) is 0 Å². The zero-order valence-electron chi connectivity index (χ0n) is 11.2. The van der Waals surface area contributed by atoms with E-state index < -0.39 is 0 Å². The van der Waals surface area contributed by atoms with Crippen LogP contribution >= 0.6 is 0 Å². The summed E-state index contributed by atoms with van der Waals surface area (Å²) in [6.07, 6.45) is 0.512. The van der Waals surface area contributed by atoms with Crippen LogP contribution in [0.5, 0.6) is 0 Å². The van der Waals surface area contributed by atoms with Crippen molar-refractivity contribution in [3.8, 4) is 11.8 Å². The Hall–Kier alpha value is -1.79. The molecule has 1 aromatic rings. The highest BCUT2D eigenvalue weighted by Crippen LogP contribution is 2.17. The van der Waals surface area contributed by atoms with Crippen LogP contribution < -0.4 is 11.1 Å². The molecule has 0 aliphatic heterocycles. The maximum Gasteiger partial charge on any atom is 0.224 e. The highest BCUT2D eigenvalue weighted by Gasteiger charge is 2.07. The van der Waals surface area contributed by atoms with E-state index >= 15 is 0 Å². The highest BCUT2D eigenvalue weighted by atomic mass is 16.1. The van der Waals surface area contributed by atoms with E-state index in [2.05, 4.69) is 17.2 Å². The van der Waals surface area contributed by atoms with E-state index in [1.54, 1.807) is 0 Å². The molecule has 3 heteroatoms. The van der Waals surface area contributed by atoms with Crippen LogP contribution in [-0.4, -0.2) is 12.5 Å². The molecule has 0 saturated carbocycles. The van der Waals surface area contributed by atoms with E-state index in [1.807, 2.05) is 39.0 Å². The maximum atomic E-state index is 11.7. The summed E-state index contributed by atoms with van der Waals surface area (Å²) in [4.78, 5) is 11.7. The number of amides is 1. The van der Waals surface area contributed by atoms with Crippen molar-refractivity contribution in [2.24, 2.45) is 11.7 Å². The predicted molar refractivity (Wildman–Crippen MR) is 75.2 cm³/mol. The number of aryl methyl sites for hydroxylation is 1. The second-order valence-corrected chi connectivity index (χ2v) is 4.70. The molecule has 0 saturated heterocycles. The van der Waals surface area contributed by atoms with Gasteiger partial charge in [-0.05, 0) is 30.5 Å². The molecular weight excluding hydrogens is 224 g/mol. The molecule has 0 aromatic heterocycles. The van der Waals surface area contributed by atoms with Crippen molar-refractivity contribution in [2.75, 3.05) is 11.9 Å². The van der Waals surface area contributed by atoms with Crippen LogP contribution in [0.4, 0.5) is 5.69 Å². The lowest BCUT2D eigenvalue weighted by Crippen LogP contribution is -2.14. The third kappa shape index (κ3) is 4.60. The Morgan fingerprint density at radius 2 is 2.17 bits per heavy atom. The molecule has 0 aliphatic carbocycles. The second kappa shape index (κ2) is 6.83. The third-order valence-electron chi connectivity index (χ3n) is 2.37. The molecule has 0 bridgehead atoms. The van der Waals surface area contributed by atoms with Gasteiger partial charge in [0.1, 0.15) is 0 Å². The first kappa shape index (κ1) is 14.3. The SMILES string of the molecule is Cc1ccc(NC(=O)CC(C)C)c(C#CCN)c1. The van der Waals surface area contributed by atoms with E-state index in [-0.39, 0.29) is 5.91 Å². The van der Waals surface area contributed by atoms with Crippen LogP contribution in [0.1, 0.15) is 31.4 Å². The molecule has 3 N–H and O–H groups in total. The van der Waals surface area contributed by atoms with Gasteiger partial charge in [0, 0.05) is 12.0 Å². The fourth-order valence-electron chi connectivity index (χ4n) is 1.59. The van der Waals surface area contributed by atoms with Gasteiger partial charge in [-0.1, -0.05) is 31.8 Å². The van der Waals surface area contributed by atoms with E-state index in [9.17, 15) is 4.79 Å². The van der Waals surface area contributed by atoms with Gasteiger partial charge in [-0.25, -0.2) is 0 Å². The predicted octanol–water partition coefficient (Wildman–Crippen LogP) is 2.29. The number of nitrogens with one attached hydrogen (secondary N) is 1. The first-order valence-corrected chi connectivity index (χ1v) is 6.12. The fourth-order valence-corrected chi connectivity index (χ4v) is 1.59. The lowest BCUT2D eigenvalue weighted by Gasteiger charge is -2.09. The number of rotatable bonds is 3. The lowest BCUT2D eigenvalue weighted by molar-refractivity contribution is -0.116. The summed E-state index contributed by atoms with van der Waals surface area (Å²) in [5.74, 6) is 6.16. The van der Waals surface area contributed by atoms with Gasteiger partial charge in [-0.2, -0.15) is 0 Å². The van der Waals surface area contributed by atoms with Crippen LogP contribution in [0.2, 0.25) is 0 Å². The van der Waals surface area contributed by atoms with Crippen LogP contribution in [-0.2, 0) is 4.79 Å². The van der Waals surface area contributed by atoms with Gasteiger partial charge in [0.25, 0.3) is 0 Å². The van der Waals surface area contributed by atoms with Gasteiger partial charge >= 0.3 is 0 Å². The Bertz CT molecular complexity index is 481. The molecule has 0 radical (unpaired) electrons. The van der Waals surface area contributed by atoms with E-state index in [1.165, 1.54) is 0 Å². The van der Waals surface area contributed by atoms with E-state index in [0.29, 0.717) is 18.9 Å². The molecule has 1 rings (SSSR count). The molecule has 1 aromatic carbocycles. The molecule has 0 spiro atoms. The zero-order chi connectivity index (χ0) is 13.5. The number of carbonyl (C=O) groups excluding carboxylic acids is 1. The molecule has 1 amide bonds. The number of benzene rings is 1. The van der Waals surface area contributed by atoms with E-state index in [0.717, 1.165) is 16.8 Å². The monoisotopic (exact) mass is 244 g/mol. The number of anilines is 1. The Morgan fingerprint density at radius 3 is 2.78 bits per heavy atom. The summed E-state index contributed by atoms with van der Waals surface area (Å²) in [6, 6.07) is 5.79. The molecule has 0 heterocycles. The Balaban J connectivity index is 2.90. The minimum absolute atomic E-state index is 0.0182. The van der Waals surface area contributed by atoms with E-state index in [4.69, 9.17) is 5.73 Å². The molecule has 0 atom stereocenters. The average Bonchev–Trinajstić information content (AvgIpc) is 2.28. The van der Waals surface area contributed by atoms with Gasteiger partial charge < -0.3 is 11.1 Å². The Morgan fingerprint density at radius 1 is 1.44 bits per heavy atom. The number of carbonyl (C=O) groups is 1. The number of hydrogen-bond acceptors (Lipinski definition) is 2. The summed E-state index contributed by atoms with van der Waals surface area (Å²) in [5.41, 5.74) is 8.05. The molecule has 3 nitrogen and oxygen atoms in total. The lowest BCUT2D eigenvalue weighted by atomic mass is 10.1. The van der Waals surface area contributed by atoms with Crippen molar-refractivity contribution < 1.29 is 4.79 Å². The zero-order valence-corrected chi connectivity index (χ0v) is 11.2. The van der Waals surface area contributed by atoms with Gasteiger partial charge in [0.15, 0.2) is 0 Å². The summed E-state index contributed by atoms with van der Waals surface area (Å²) >= 11 is 0. The van der Waals surface area contributed by atoms with Crippen LogP contribution in [0.3, 0.4) is 0 Å². The second-order valence-electron chi connectivity index (χ2n) is 4.70. The van der Waals surface area contributed by atoms with Crippen molar-refractivity contribution in [2.45, 2.75) is 27.2 Å². The van der Waals surface area contributed by atoms with Gasteiger partial charge in [-0.15, -0.1) is 0 Å². The normalized spacial score (nSPS) is 9.83. The summed E-state index contributed by atoms with van der Waals surface area (Å²) in [5, 5.41) is 2.90. The first-order valence-electron chi connectivity index (χ1n) is 6.12. The molecule has 18 heavy (non-hydrogen) atoms. The largest absolute Gasteiger partial charge is 0.325 e. The topological polar surface area (TPSA) is 55.1 Å². The van der Waals surface area contributed by atoms with Gasteiger partial charge in [0.05, 0.1) is 12.2 Å². The number of nitrogens with two attached hydrogens (primary N) is 1. The summed E-state index contributed by atoms with van der Waals surface area (Å²) in [7, 11) is 0. The number of hydrogen-bond donors (Lipinski definition) is 2. The van der Waals surface area contributed by atoms with Crippen molar-refractivity contribution in [3.05, 3.63) is 29.3 Å². The van der Waals surface area contributed by atoms with Gasteiger partial charge in [-0.3, -0.25) is 4.79 Å². The van der Waals surface area contributed by atoms with Crippen LogP contribution in [0.15, 0.2) is 18.2 Å². The molecular formula is C15H20N2O. The van der Waals surface area contributed by atoms with Crippen LogP contribution in [0.25, 0.3) is 0 Å².